The molecule has 0 aliphatic heterocycles. The lowest BCUT2D eigenvalue weighted by Crippen LogP contribution is -2.34. The first kappa shape index (κ1) is 26.6. The predicted molar refractivity (Wildman–Crippen MR) is 121 cm³/mol. The van der Waals surface area contributed by atoms with Crippen molar-refractivity contribution in [2.75, 3.05) is 38.6 Å². The van der Waals surface area contributed by atoms with Crippen LogP contribution in [-0.2, 0) is 9.53 Å². The Labute approximate surface area is 174 Å². The zero-order valence-electron chi connectivity index (χ0n) is 17.9. The normalized spacial score (nSPS) is 13.3. The monoisotopic (exact) mass is 417 g/mol. The van der Waals surface area contributed by atoms with E-state index >= 15 is 0 Å². The van der Waals surface area contributed by atoms with Crippen molar-refractivity contribution >= 4 is 27.5 Å². The van der Waals surface area contributed by atoms with Crippen LogP contribution in [0.4, 0.5) is 0 Å². The first-order chi connectivity index (χ1) is 12.9. The smallest absolute Gasteiger partial charge is 0.246 e. The molecule has 27 heavy (non-hydrogen) atoms. The van der Waals surface area contributed by atoms with Gasteiger partial charge in [0.05, 0.1) is 18.5 Å². The van der Waals surface area contributed by atoms with Gasteiger partial charge in [0, 0.05) is 30.8 Å². The van der Waals surface area contributed by atoms with E-state index in [1.54, 1.807) is 0 Å². The zero-order valence-corrected chi connectivity index (χ0v) is 19.5. The predicted octanol–water partition coefficient (Wildman–Crippen LogP) is 3.12. The first-order valence-corrected chi connectivity index (χ1v) is 12.3. The van der Waals surface area contributed by atoms with E-state index in [0.29, 0.717) is 36.4 Å². The van der Waals surface area contributed by atoms with E-state index in [4.69, 9.17) is 4.74 Å². The topological polar surface area (TPSA) is 62.4 Å². The highest BCUT2D eigenvalue weighted by atomic mass is 33.1. The molecule has 0 bridgehead atoms. The maximum atomic E-state index is 11.7. The van der Waals surface area contributed by atoms with Gasteiger partial charge in [0.1, 0.15) is 6.61 Å². The molecule has 0 aliphatic rings. The summed E-state index contributed by atoms with van der Waals surface area (Å²) < 4.78 is 5.45. The number of rotatable bonds is 15. The van der Waals surface area contributed by atoms with Crippen LogP contribution in [0.15, 0.2) is 0 Å². The van der Waals surface area contributed by atoms with Gasteiger partial charge in [-0.05, 0) is 12.3 Å². The SMILES string of the molecule is CCC(C)C#CCNC(=O)COCCNC(SSCCNC(C)C)C(C)C. The molecule has 0 aliphatic carbocycles. The second-order valence-corrected chi connectivity index (χ2v) is 9.73. The number of carbonyl (C=O) groups excluding carboxylic acids is 1. The van der Waals surface area contributed by atoms with Gasteiger partial charge in [0.15, 0.2) is 0 Å². The van der Waals surface area contributed by atoms with Gasteiger partial charge in [-0.15, -0.1) is 0 Å². The fraction of sp³-hybridized carbons (Fsp3) is 0.850. The molecule has 1 amide bonds. The van der Waals surface area contributed by atoms with Crippen molar-refractivity contribution in [3.63, 3.8) is 0 Å². The van der Waals surface area contributed by atoms with Crippen molar-refractivity contribution in [3.8, 4) is 11.8 Å². The molecule has 2 atom stereocenters. The largest absolute Gasteiger partial charge is 0.370 e. The number of carbonyl (C=O) groups is 1. The van der Waals surface area contributed by atoms with Crippen molar-refractivity contribution < 1.29 is 9.53 Å². The molecule has 0 rings (SSSR count). The van der Waals surface area contributed by atoms with E-state index < -0.39 is 0 Å². The molecule has 2 unspecified atom stereocenters. The van der Waals surface area contributed by atoms with Crippen molar-refractivity contribution in [1.29, 1.82) is 0 Å². The maximum Gasteiger partial charge on any atom is 0.246 e. The molecule has 0 radical (unpaired) electrons. The van der Waals surface area contributed by atoms with Gasteiger partial charge in [-0.1, -0.05) is 75.0 Å². The molecule has 7 heteroatoms. The summed E-state index contributed by atoms with van der Waals surface area (Å²) in [6.45, 7) is 15.7. The van der Waals surface area contributed by atoms with Gasteiger partial charge >= 0.3 is 0 Å². The van der Waals surface area contributed by atoms with Gasteiger partial charge < -0.3 is 20.7 Å². The van der Waals surface area contributed by atoms with Gasteiger partial charge in [-0.25, -0.2) is 0 Å². The van der Waals surface area contributed by atoms with Crippen molar-refractivity contribution in [1.82, 2.24) is 16.0 Å². The highest BCUT2D eigenvalue weighted by molar-refractivity contribution is 8.76. The van der Waals surface area contributed by atoms with Crippen LogP contribution in [0.25, 0.3) is 0 Å². The summed E-state index contributed by atoms with van der Waals surface area (Å²) >= 11 is 0. The lowest BCUT2D eigenvalue weighted by Gasteiger charge is -2.21. The lowest BCUT2D eigenvalue weighted by molar-refractivity contribution is -0.125. The number of nitrogens with one attached hydrogen (secondary N) is 3. The molecule has 0 aromatic rings. The number of amides is 1. The molecule has 3 N–H and O–H groups in total. The second-order valence-electron chi connectivity index (χ2n) is 7.11. The molecule has 0 aromatic heterocycles. The quantitative estimate of drug-likeness (QED) is 0.165. The third-order valence-corrected chi connectivity index (χ3v) is 6.63. The van der Waals surface area contributed by atoms with E-state index in [1.165, 1.54) is 0 Å². The van der Waals surface area contributed by atoms with Crippen LogP contribution in [-0.4, -0.2) is 55.9 Å². The van der Waals surface area contributed by atoms with Crippen LogP contribution in [0.2, 0.25) is 0 Å². The summed E-state index contributed by atoms with van der Waals surface area (Å²) in [5.41, 5.74) is 0. The summed E-state index contributed by atoms with van der Waals surface area (Å²) in [6.07, 6.45) is 1.03. The fourth-order valence-corrected chi connectivity index (χ4v) is 4.55. The van der Waals surface area contributed by atoms with Crippen LogP contribution < -0.4 is 16.0 Å². The highest BCUT2D eigenvalue weighted by Crippen LogP contribution is 2.29. The van der Waals surface area contributed by atoms with Crippen LogP contribution in [0.1, 0.15) is 48.0 Å². The van der Waals surface area contributed by atoms with Crippen molar-refractivity contribution in [2.45, 2.75) is 59.4 Å². The molecule has 0 spiro atoms. The summed E-state index contributed by atoms with van der Waals surface area (Å²) in [6, 6.07) is 0.538. The third-order valence-electron chi connectivity index (χ3n) is 3.68. The minimum absolute atomic E-state index is 0.0851. The Bertz CT molecular complexity index is 437. The summed E-state index contributed by atoms with van der Waals surface area (Å²) in [5, 5.41) is 10.1. The van der Waals surface area contributed by atoms with Crippen LogP contribution in [0.3, 0.4) is 0 Å². The minimum Gasteiger partial charge on any atom is -0.370 e. The van der Waals surface area contributed by atoms with Gasteiger partial charge in [-0.2, -0.15) is 0 Å². The Morgan fingerprint density at radius 2 is 1.85 bits per heavy atom. The van der Waals surface area contributed by atoms with Gasteiger partial charge in [0.25, 0.3) is 0 Å². The average Bonchev–Trinajstić information content (AvgIpc) is 2.62. The minimum atomic E-state index is -0.114. The van der Waals surface area contributed by atoms with Crippen molar-refractivity contribution in [3.05, 3.63) is 0 Å². The summed E-state index contributed by atoms with van der Waals surface area (Å²) in [4.78, 5) is 11.7. The van der Waals surface area contributed by atoms with Crippen molar-refractivity contribution in [2.24, 2.45) is 11.8 Å². The number of hydrogen-bond acceptors (Lipinski definition) is 6. The standard InChI is InChI=1S/C20H39N3O2S2/c1-7-18(6)9-8-10-22-19(24)15-25-13-11-23-20(16(2)3)27-26-14-12-21-17(4)5/h16-18,20-21,23H,7,10-15H2,1-6H3,(H,22,24). The molecule has 0 saturated heterocycles. The van der Waals surface area contributed by atoms with E-state index in [9.17, 15) is 4.79 Å². The fourth-order valence-electron chi connectivity index (χ4n) is 1.85. The average molecular weight is 418 g/mol. The Hall–Kier alpha value is -0.390. The Kier molecular flexibility index (Phi) is 17.4. The molecular formula is C20H39N3O2S2. The lowest BCUT2D eigenvalue weighted by atomic mass is 10.1. The molecular weight excluding hydrogens is 378 g/mol. The van der Waals surface area contributed by atoms with E-state index in [1.807, 2.05) is 21.6 Å². The second kappa shape index (κ2) is 17.7. The molecule has 0 aromatic carbocycles. The number of ether oxygens (including phenoxy) is 1. The van der Waals surface area contributed by atoms with E-state index in [-0.39, 0.29) is 12.5 Å². The number of hydrogen-bond donors (Lipinski definition) is 3. The summed E-state index contributed by atoms with van der Waals surface area (Å²) in [7, 11) is 3.77. The molecule has 0 fully saturated rings. The Balaban J connectivity index is 3.75. The van der Waals surface area contributed by atoms with Crippen LogP contribution in [0.5, 0.6) is 0 Å². The van der Waals surface area contributed by atoms with Crippen LogP contribution >= 0.6 is 21.6 Å². The third kappa shape index (κ3) is 17.4. The van der Waals surface area contributed by atoms with Crippen LogP contribution in [0, 0.1) is 23.7 Å². The highest BCUT2D eigenvalue weighted by Gasteiger charge is 2.13. The molecule has 0 saturated carbocycles. The molecule has 0 heterocycles. The Morgan fingerprint density at radius 1 is 1.11 bits per heavy atom. The van der Waals surface area contributed by atoms with E-state index in [2.05, 4.69) is 69.3 Å². The van der Waals surface area contributed by atoms with Gasteiger partial charge in [0.2, 0.25) is 5.91 Å². The molecule has 158 valence electrons. The zero-order chi connectivity index (χ0) is 20.5. The summed E-state index contributed by atoms with van der Waals surface area (Å²) in [5.74, 6) is 7.95. The maximum absolute atomic E-state index is 11.7. The van der Waals surface area contributed by atoms with E-state index in [0.717, 1.165) is 25.3 Å². The van der Waals surface area contributed by atoms with Gasteiger partial charge in [-0.3, -0.25) is 4.79 Å². The molecule has 5 nitrogen and oxygen atoms in total. The Morgan fingerprint density at radius 3 is 2.48 bits per heavy atom. The first-order valence-electron chi connectivity index (χ1n) is 9.94.